The summed E-state index contributed by atoms with van der Waals surface area (Å²) in [4.78, 5) is 9.83. The van der Waals surface area contributed by atoms with Gasteiger partial charge in [0, 0.05) is 37.8 Å². The molecule has 0 atom stereocenters. The summed E-state index contributed by atoms with van der Waals surface area (Å²) in [6.45, 7) is 11.9. The van der Waals surface area contributed by atoms with Crippen molar-refractivity contribution in [2.24, 2.45) is 0 Å². The normalized spacial score (nSPS) is 11.8. The number of nitrogens with zero attached hydrogens (tertiary/aromatic N) is 2. The number of H-pyrrole nitrogens is 1. The van der Waals surface area contributed by atoms with Crippen molar-refractivity contribution in [3.63, 3.8) is 0 Å². The zero-order chi connectivity index (χ0) is 19.2. The molecule has 0 fully saturated rings. The second kappa shape index (κ2) is 9.02. The Morgan fingerprint density at radius 2 is 1.70 bits per heavy atom. The van der Waals surface area contributed by atoms with Crippen LogP contribution in [0.3, 0.4) is 0 Å². The molecule has 1 aromatic heterocycles. The molecule has 0 aliphatic rings. The van der Waals surface area contributed by atoms with Gasteiger partial charge in [-0.2, -0.15) is 0 Å². The van der Waals surface area contributed by atoms with Crippen LogP contribution in [0.25, 0.3) is 11.0 Å². The molecule has 0 saturated carbocycles. The predicted molar refractivity (Wildman–Crippen MR) is 111 cm³/mol. The van der Waals surface area contributed by atoms with E-state index >= 15 is 0 Å². The van der Waals surface area contributed by atoms with Crippen LogP contribution in [0.1, 0.15) is 33.3 Å². The Labute approximate surface area is 161 Å². The Morgan fingerprint density at radius 1 is 1.00 bits per heavy atom. The van der Waals surface area contributed by atoms with Crippen molar-refractivity contribution in [1.82, 2.24) is 20.2 Å². The van der Waals surface area contributed by atoms with E-state index < -0.39 is 0 Å². The Hall–Kier alpha value is -2.37. The summed E-state index contributed by atoms with van der Waals surface area (Å²) in [5, 5.41) is 3.53. The molecule has 2 N–H and O–H groups in total. The van der Waals surface area contributed by atoms with E-state index in [0.717, 1.165) is 42.2 Å². The maximum absolute atomic E-state index is 5.95. The number of ether oxygens (including phenoxy) is 1. The molecule has 144 valence electrons. The van der Waals surface area contributed by atoms with Gasteiger partial charge in [-0.05, 0) is 57.5 Å². The van der Waals surface area contributed by atoms with E-state index in [4.69, 9.17) is 4.74 Å². The van der Waals surface area contributed by atoms with Crippen molar-refractivity contribution in [3.8, 4) is 11.5 Å². The first kappa shape index (κ1) is 19.4. The first-order chi connectivity index (χ1) is 13.0. The van der Waals surface area contributed by atoms with E-state index in [1.54, 1.807) is 6.33 Å². The van der Waals surface area contributed by atoms with Gasteiger partial charge in [0.2, 0.25) is 0 Å². The topological polar surface area (TPSA) is 53.2 Å². The SMILES string of the molecule is CC(C)N(CCNCc1ccc(Oc2ccc3nc[nH]c3c2)cc1)C(C)C. The summed E-state index contributed by atoms with van der Waals surface area (Å²) < 4.78 is 5.95. The molecule has 1 heterocycles. The number of nitrogens with one attached hydrogen (secondary N) is 2. The van der Waals surface area contributed by atoms with E-state index in [1.807, 2.05) is 30.3 Å². The standard InChI is InChI=1S/C22H30N4O/c1-16(2)26(17(3)4)12-11-23-14-18-5-7-19(8-6-18)27-20-9-10-21-22(13-20)25-15-24-21/h5-10,13,15-17,23H,11-12,14H2,1-4H3,(H,24,25). The average Bonchev–Trinajstić information content (AvgIpc) is 3.10. The molecule has 0 saturated heterocycles. The van der Waals surface area contributed by atoms with Crippen molar-refractivity contribution < 1.29 is 4.74 Å². The maximum Gasteiger partial charge on any atom is 0.129 e. The second-order valence-electron chi connectivity index (χ2n) is 7.43. The number of aromatic nitrogens is 2. The Bertz CT molecular complexity index is 831. The van der Waals surface area contributed by atoms with Gasteiger partial charge >= 0.3 is 0 Å². The molecule has 3 rings (SSSR count). The third kappa shape index (κ3) is 5.31. The molecule has 0 aliphatic carbocycles. The summed E-state index contributed by atoms with van der Waals surface area (Å²) in [5.41, 5.74) is 3.18. The van der Waals surface area contributed by atoms with E-state index in [1.165, 1.54) is 5.56 Å². The third-order valence-corrected chi connectivity index (χ3v) is 4.75. The van der Waals surface area contributed by atoms with Crippen molar-refractivity contribution >= 4 is 11.0 Å². The third-order valence-electron chi connectivity index (χ3n) is 4.75. The minimum Gasteiger partial charge on any atom is -0.457 e. The highest BCUT2D eigenvalue weighted by Crippen LogP contribution is 2.24. The molecular formula is C22H30N4O. The molecule has 5 nitrogen and oxygen atoms in total. The number of benzene rings is 2. The van der Waals surface area contributed by atoms with Gasteiger partial charge in [-0.3, -0.25) is 4.90 Å². The first-order valence-corrected chi connectivity index (χ1v) is 9.69. The Morgan fingerprint density at radius 3 is 2.41 bits per heavy atom. The molecule has 3 aromatic rings. The van der Waals surface area contributed by atoms with Crippen molar-refractivity contribution in [2.45, 2.75) is 46.3 Å². The van der Waals surface area contributed by atoms with Gasteiger partial charge in [0.25, 0.3) is 0 Å². The lowest BCUT2D eigenvalue weighted by Gasteiger charge is -2.30. The van der Waals surface area contributed by atoms with Crippen LogP contribution in [-0.2, 0) is 6.54 Å². The molecule has 0 bridgehead atoms. The van der Waals surface area contributed by atoms with Crippen LogP contribution < -0.4 is 10.1 Å². The highest BCUT2D eigenvalue weighted by Gasteiger charge is 2.12. The molecule has 0 amide bonds. The molecular weight excluding hydrogens is 336 g/mol. The van der Waals surface area contributed by atoms with Gasteiger partial charge in [-0.1, -0.05) is 12.1 Å². The first-order valence-electron chi connectivity index (χ1n) is 9.69. The Kier molecular flexibility index (Phi) is 6.48. The molecule has 0 unspecified atom stereocenters. The summed E-state index contributed by atoms with van der Waals surface area (Å²) in [7, 11) is 0. The fraction of sp³-hybridized carbons (Fsp3) is 0.409. The molecule has 0 aliphatic heterocycles. The van der Waals surface area contributed by atoms with Crippen molar-refractivity contribution in [2.75, 3.05) is 13.1 Å². The smallest absolute Gasteiger partial charge is 0.129 e. The summed E-state index contributed by atoms with van der Waals surface area (Å²) >= 11 is 0. The molecule has 0 radical (unpaired) electrons. The number of hydrogen-bond acceptors (Lipinski definition) is 4. The second-order valence-corrected chi connectivity index (χ2v) is 7.43. The van der Waals surface area contributed by atoms with Crippen LogP contribution in [0.15, 0.2) is 48.8 Å². The highest BCUT2D eigenvalue weighted by molar-refractivity contribution is 5.76. The lowest BCUT2D eigenvalue weighted by molar-refractivity contribution is 0.176. The van der Waals surface area contributed by atoms with Crippen LogP contribution in [-0.4, -0.2) is 40.0 Å². The monoisotopic (exact) mass is 366 g/mol. The van der Waals surface area contributed by atoms with Crippen LogP contribution in [0.2, 0.25) is 0 Å². The van der Waals surface area contributed by atoms with Gasteiger partial charge in [-0.25, -0.2) is 4.98 Å². The average molecular weight is 367 g/mol. The van der Waals surface area contributed by atoms with Crippen LogP contribution in [0.4, 0.5) is 0 Å². The maximum atomic E-state index is 5.95. The van der Waals surface area contributed by atoms with Crippen molar-refractivity contribution in [3.05, 3.63) is 54.4 Å². The fourth-order valence-corrected chi connectivity index (χ4v) is 3.34. The minimum atomic E-state index is 0.573. The lowest BCUT2D eigenvalue weighted by atomic mass is 10.2. The van der Waals surface area contributed by atoms with Crippen LogP contribution >= 0.6 is 0 Å². The number of aromatic amines is 1. The van der Waals surface area contributed by atoms with Crippen LogP contribution in [0.5, 0.6) is 11.5 Å². The minimum absolute atomic E-state index is 0.573. The number of rotatable bonds is 9. The predicted octanol–water partition coefficient (Wildman–Crippen LogP) is 4.56. The van der Waals surface area contributed by atoms with Crippen LogP contribution in [0, 0.1) is 0 Å². The largest absolute Gasteiger partial charge is 0.457 e. The van der Waals surface area contributed by atoms with E-state index in [0.29, 0.717) is 12.1 Å². The molecule has 2 aromatic carbocycles. The molecule has 0 spiro atoms. The van der Waals surface area contributed by atoms with E-state index in [9.17, 15) is 0 Å². The number of hydrogen-bond donors (Lipinski definition) is 2. The van der Waals surface area contributed by atoms with Gasteiger partial charge < -0.3 is 15.0 Å². The molecule has 27 heavy (non-hydrogen) atoms. The van der Waals surface area contributed by atoms with E-state index in [2.05, 4.69) is 60.0 Å². The quantitative estimate of drug-likeness (QED) is 0.545. The van der Waals surface area contributed by atoms with Gasteiger partial charge in [-0.15, -0.1) is 0 Å². The summed E-state index contributed by atoms with van der Waals surface area (Å²) in [6.07, 6.45) is 1.69. The fourth-order valence-electron chi connectivity index (χ4n) is 3.34. The zero-order valence-corrected chi connectivity index (χ0v) is 16.7. The van der Waals surface area contributed by atoms with Gasteiger partial charge in [0.05, 0.1) is 17.4 Å². The summed E-state index contributed by atoms with van der Waals surface area (Å²) in [5.74, 6) is 1.64. The Balaban J connectivity index is 1.48. The number of fused-ring (bicyclic) bond motifs is 1. The lowest BCUT2D eigenvalue weighted by Crippen LogP contribution is -2.41. The van der Waals surface area contributed by atoms with Gasteiger partial charge in [0.1, 0.15) is 11.5 Å². The van der Waals surface area contributed by atoms with Crippen molar-refractivity contribution in [1.29, 1.82) is 0 Å². The molecule has 5 heteroatoms. The van der Waals surface area contributed by atoms with E-state index in [-0.39, 0.29) is 0 Å². The summed E-state index contributed by atoms with van der Waals surface area (Å²) in [6, 6.07) is 15.3. The highest BCUT2D eigenvalue weighted by atomic mass is 16.5. The number of imidazole rings is 1. The zero-order valence-electron chi connectivity index (χ0n) is 16.7. The van der Waals surface area contributed by atoms with Gasteiger partial charge in [0.15, 0.2) is 0 Å².